The lowest BCUT2D eigenvalue weighted by atomic mass is 10.1. The van der Waals surface area contributed by atoms with Gasteiger partial charge in [-0.05, 0) is 31.2 Å². The lowest BCUT2D eigenvalue weighted by Gasteiger charge is -2.11. The fourth-order valence-electron chi connectivity index (χ4n) is 3.16. The van der Waals surface area contributed by atoms with Gasteiger partial charge < -0.3 is 15.1 Å². The van der Waals surface area contributed by atoms with E-state index in [0.29, 0.717) is 28.8 Å². The number of hydrogen-bond donors (Lipinski definition) is 2. The highest BCUT2D eigenvalue weighted by Gasteiger charge is 2.14. The number of thioether (sulfide) groups is 1. The second-order valence-electron chi connectivity index (χ2n) is 7.22. The zero-order valence-electron chi connectivity index (χ0n) is 18.1. The summed E-state index contributed by atoms with van der Waals surface area (Å²) in [5.74, 6) is -0.0812. The maximum atomic E-state index is 12.6. The minimum absolute atomic E-state index is 0.0933. The fraction of sp³-hybridized carbons (Fsp3) is 0.348. The van der Waals surface area contributed by atoms with Gasteiger partial charge in [-0.1, -0.05) is 36.4 Å². The normalized spacial score (nSPS) is 10.7. The van der Waals surface area contributed by atoms with Gasteiger partial charge in [0.1, 0.15) is 6.54 Å². The summed E-state index contributed by atoms with van der Waals surface area (Å²) in [6, 6.07) is 13.0. The Labute approximate surface area is 191 Å². The van der Waals surface area contributed by atoms with Crippen molar-refractivity contribution in [2.45, 2.75) is 50.4 Å². The van der Waals surface area contributed by atoms with E-state index >= 15 is 0 Å². The molecule has 0 aliphatic carbocycles. The van der Waals surface area contributed by atoms with Crippen molar-refractivity contribution in [3.05, 3.63) is 66.3 Å². The molecule has 0 saturated carbocycles. The molecule has 3 rings (SSSR count). The van der Waals surface area contributed by atoms with Crippen LogP contribution in [0.3, 0.4) is 0 Å². The molecule has 168 valence electrons. The first kappa shape index (κ1) is 23.5. The fourth-order valence-corrected chi connectivity index (χ4v) is 3.46. The van der Waals surface area contributed by atoms with E-state index in [9.17, 15) is 9.59 Å². The van der Waals surface area contributed by atoms with Gasteiger partial charge in [0.05, 0.1) is 17.8 Å². The predicted molar refractivity (Wildman–Crippen MR) is 122 cm³/mol. The number of anilines is 1. The minimum atomic E-state index is -0.316. The number of nitrogens with zero attached hydrogens (tertiary/aromatic N) is 3. The van der Waals surface area contributed by atoms with Crippen LogP contribution in [0.25, 0.3) is 0 Å². The highest BCUT2D eigenvalue weighted by molar-refractivity contribution is 7.98. The third-order valence-corrected chi connectivity index (χ3v) is 5.33. The molecular weight excluding hydrogens is 426 g/mol. The topological polar surface area (TPSA) is 101 Å². The van der Waals surface area contributed by atoms with E-state index in [0.717, 1.165) is 32.2 Å². The minimum Gasteiger partial charge on any atom is -0.414 e. The molecule has 2 amide bonds. The lowest BCUT2D eigenvalue weighted by Crippen LogP contribution is -2.32. The molecule has 3 aromatic rings. The summed E-state index contributed by atoms with van der Waals surface area (Å²) in [5, 5.41) is 13.8. The van der Waals surface area contributed by atoms with Gasteiger partial charge in [0.2, 0.25) is 11.8 Å². The second-order valence-corrected chi connectivity index (χ2v) is 7.98. The molecule has 0 bridgehead atoms. The number of amides is 2. The highest BCUT2D eigenvalue weighted by Crippen LogP contribution is 2.17. The molecule has 32 heavy (non-hydrogen) atoms. The molecule has 0 radical (unpaired) electrons. The van der Waals surface area contributed by atoms with Gasteiger partial charge in [-0.3, -0.25) is 9.59 Å². The van der Waals surface area contributed by atoms with Crippen molar-refractivity contribution in [3.8, 4) is 0 Å². The van der Waals surface area contributed by atoms with Crippen molar-refractivity contribution >= 4 is 29.3 Å². The first-order valence-corrected chi connectivity index (χ1v) is 11.9. The zero-order valence-corrected chi connectivity index (χ0v) is 18.9. The van der Waals surface area contributed by atoms with Crippen LogP contribution in [0.4, 0.5) is 5.69 Å². The number of para-hydroxylation sites is 1. The molecule has 9 heteroatoms. The summed E-state index contributed by atoms with van der Waals surface area (Å²) in [4.78, 5) is 25.0. The van der Waals surface area contributed by atoms with E-state index in [1.807, 2.05) is 24.5 Å². The van der Waals surface area contributed by atoms with Crippen molar-refractivity contribution in [1.82, 2.24) is 15.5 Å². The molecule has 0 spiro atoms. The molecule has 1 aromatic carbocycles. The Balaban J connectivity index is 1.40. The van der Waals surface area contributed by atoms with Crippen molar-refractivity contribution < 1.29 is 18.6 Å². The molecule has 0 aliphatic heterocycles. The van der Waals surface area contributed by atoms with Crippen LogP contribution >= 0.6 is 11.8 Å². The maximum Gasteiger partial charge on any atom is 0.276 e. The SMILES string of the molecule is CSc1nnc(CNC(=O)c2ccccc2NC(=O)CCCCCC[n+]2ccccc2)o1. The summed E-state index contributed by atoms with van der Waals surface area (Å²) in [5.41, 5.74) is 0.885. The number of hydrogen-bond acceptors (Lipinski definition) is 6. The van der Waals surface area contributed by atoms with Crippen LogP contribution in [-0.2, 0) is 17.9 Å². The van der Waals surface area contributed by atoms with E-state index in [1.54, 1.807) is 24.3 Å². The smallest absolute Gasteiger partial charge is 0.276 e. The molecule has 8 nitrogen and oxygen atoms in total. The summed E-state index contributed by atoms with van der Waals surface area (Å²) in [7, 11) is 0. The number of rotatable bonds is 12. The number of nitrogens with one attached hydrogen (secondary N) is 2. The lowest BCUT2D eigenvalue weighted by molar-refractivity contribution is -0.697. The molecule has 2 heterocycles. The van der Waals surface area contributed by atoms with E-state index < -0.39 is 0 Å². The van der Waals surface area contributed by atoms with E-state index in [4.69, 9.17) is 4.42 Å². The van der Waals surface area contributed by atoms with Gasteiger partial charge >= 0.3 is 0 Å². The number of benzene rings is 1. The van der Waals surface area contributed by atoms with Gasteiger partial charge in [-0.25, -0.2) is 4.57 Å². The third-order valence-electron chi connectivity index (χ3n) is 4.82. The van der Waals surface area contributed by atoms with Crippen molar-refractivity contribution in [2.75, 3.05) is 11.6 Å². The Morgan fingerprint density at radius 1 is 1.00 bits per heavy atom. The first-order chi connectivity index (χ1) is 15.7. The Kier molecular flexibility index (Phi) is 9.24. The van der Waals surface area contributed by atoms with Crippen LogP contribution < -0.4 is 15.2 Å². The Morgan fingerprint density at radius 2 is 1.78 bits per heavy atom. The van der Waals surface area contributed by atoms with Crippen molar-refractivity contribution in [1.29, 1.82) is 0 Å². The van der Waals surface area contributed by atoms with Gasteiger partial charge in [-0.2, -0.15) is 0 Å². The van der Waals surface area contributed by atoms with Gasteiger partial charge in [0, 0.05) is 25.0 Å². The molecule has 0 unspecified atom stereocenters. The summed E-state index contributed by atoms with van der Waals surface area (Å²) in [6.07, 6.45) is 10.3. The standard InChI is InChI=1S/C23H27N5O3S/c1-32-23-27-26-21(31-23)17-24-22(30)18-11-6-7-12-19(18)25-20(29)13-5-2-3-8-14-28-15-9-4-10-16-28/h4,6-7,9-12,15-16H,2-3,5,8,13-14,17H2,1H3,(H-,24,25,29,30)/p+1. The highest BCUT2D eigenvalue weighted by atomic mass is 32.2. The number of carbonyl (C=O) groups excluding carboxylic acids is 2. The van der Waals surface area contributed by atoms with Gasteiger partial charge in [0.15, 0.2) is 12.4 Å². The summed E-state index contributed by atoms with van der Waals surface area (Å²) >= 11 is 1.34. The first-order valence-electron chi connectivity index (χ1n) is 10.6. The Hall–Kier alpha value is -3.20. The number of aromatic nitrogens is 3. The average molecular weight is 455 g/mol. The molecule has 0 fully saturated rings. The van der Waals surface area contributed by atoms with Crippen LogP contribution in [-0.4, -0.2) is 28.3 Å². The van der Waals surface area contributed by atoms with Gasteiger partial charge in [0.25, 0.3) is 11.1 Å². The monoisotopic (exact) mass is 454 g/mol. The van der Waals surface area contributed by atoms with Crippen LogP contribution in [0.2, 0.25) is 0 Å². The number of aryl methyl sites for hydroxylation is 1. The molecule has 0 aliphatic rings. The van der Waals surface area contributed by atoms with Crippen LogP contribution in [0.15, 0.2) is 64.5 Å². The van der Waals surface area contributed by atoms with Crippen LogP contribution in [0.5, 0.6) is 0 Å². The number of unbranched alkanes of at least 4 members (excludes halogenated alkanes) is 3. The number of pyridine rings is 1. The van der Waals surface area contributed by atoms with E-state index in [2.05, 4.69) is 37.8 Å². The average Bonchev–Trinajstić information content (AvgIpc) is 3.29. The van der Waals surface area contributed by atoms with Crippen LogP contribution in [0.1, 0.15) is 48.4 Å². The zero-order chi connectivity index (χ0) is 22.6. The molecular formula is C23H28N5O3S+. The quantitative estimate of drug-likeness (QED) is 0.246. The Morgan fingerprint density at radius 3 is 2.56 bits per heavy atom. The van der Waals surface area contributed by atoms with Gasteiger partial charge in [-0.15, -0.1) is 10.2 Å². The molecule has 0 saturated heterocycles. The van der Waals surface area contributed by atoms with E-state index in [1.165, 1.54) is 11.8 Å². The summed E-state index contributed by atoms with van der Waals surface area (Å²) < 4.78 is 7.53. The molecule has 0 atom stereocenters. The third kappa shape index (κ3) is 7.49. The van der Waals surface area contributed by atoms with E-state index in [-0.39, 0.29) is 18.4 Å². The summed E-state index contributed by atoms with van der Waals surface area (Å²) in [6.45, 7) is 1.10. The molecule has 2 N–H and O–H groups in total. The Bertz CT molecular complexity index is 1010. The van der Waals surface area contributed by atoms with Crippen molar-refractivity contribution in [2.24, 2.45) is 0 Å². The van der Waals surface area contributed by atoms with Crippen LogP contribution in [0, 0.1) is 0 Å². The molecule has 2 aromatic heterocycles. The van der Waals surface area contributed by atoms with Crippen molar-refractivity contribution in [3.63, 3.8) is 0 Å². The second kappa shape index (κ2) is 12.6. The predicted octanol–water partition coefficient (Wildman–Crippen LogP) is 3.60. The number of carbonyl (C=O) groups is 2. The largest absolute Gasteiger partial charge is 0.414 e. The maximum absolute atomic E-state index is 12.6.